The first-order valence-corrected chi connectivity index (χ1v) is 9.72. The quantitative estimate of drug-likeness (QED) is 0.319. The Kier molecular flexibility index (Phi) is 12.1. The highest BCUT2D eigenvalue weighted by atomic mass is 16.3. The maximum Gasteiger partial charge on any atom is 0.180 e. The molecule has 0 saturated carbocycles. The van der Waals surface area contributed by atoms with Gasteiger partial charge in [-0.25, -0.2) is 4.98 Å². The summed E-state index contributed by atoms with van der Waals surface area (Å²) in [7, 11) is 0. The Bertz CT molecular complexity index is 320. The highest BCUT2D eigenvalue weighted by Crippen LogP contribution is 2.20. The molecule has 0 radical (unpaired) electrons. The van der Waals surface area contributed by atoms with E-state index in [1.807, 2.05) is 0 Å². The maximum absolute atomic E-state index is 5.04. The summed E-state index contributed by atoms with van der Waals surface area (Å²) in [6.45, 7) is 4.54. The minimum atomic E-state index is 0.548. The third-order valence-electron chi connectivity index (χ3n) is 4.70. The first-order valence-electron chi connectivity index (χ1n) is 9.72. The number of aromatic nitrogens is 1. The van der Waals surface area contributed by atoms with E-state index in [4.69, 9.17) is 4.42 Å². The number of oxazole rings is 1. The van der Waals surface area contributed by atoms with Crippen molar-refractivity contribution in [3.8, 4) is 0 Å². The zero-order valence-corrected chi connectivity index (χ0v) is 15.0. The predicted molar refractivity (Wildman–Crippen MR) is 95.2 cm³/mol. The molecule has 0 amide bonds. The van der Waals surface area contributed by atoms with Crippen molar-refractivity contribution in [1.29, 1.82) is 0 Å². The summed E-state index contributed by atoms with van der Waals surface area (Å²) in [6.07, 6.45) is 23.0. The Morgan fingerprint density at radius 3 is 1.77 bits per heavy atom. The summed E-state index contributed by atoms with van der Waals surface area (Å²) in [4.78, 5) is 4.23. The van der Waals surface area contributed by atoms with Crippen LogP contribution in [0, 0.1) is 0 Å². The number of hydrogen-bond donors (Lipinski definition) is 0. The van der Waals surface area contributed by atoms with Gasteiger partial charge in [-0.3, -0.25) is 0 Å². The van der Waals surface area contributed by atoms with Crippen molar-refractivity contribution in [1.82, 2.24) is 4.98 Å². The first kappa shape index (κ1) is 19.3. The molecule has 0 spiro atoms. The van der Waals surface area contributed by atoms with Gasteiger partial charge in [-0.1, -0.05) is 97.3 Å². The van der Waals surface area contributed by atoms with Crippen LogP contribution >= 0.6 is 0 Å². The van der Waals surface area contributed by atoms with E-state index in [1.165, 1.54) is 96.3 Å². The molecule has 0 aliphatic carbocycles. The molecule has 0 aromatic carbocycles. The van der Waals surface area contributed by atoms with Gasteiger partial charge in [0, 0.05) is 5.92 Å². The second kappa shape index (κ2) is 13.8. The second-order valence-electron chi connectivity index (χ2n) is 6.85. The van der Waals surface area contributed by atoms with Gasteiger partial charge >= 0.3 is 0 Å². The minimum absolute atomic E-state index is 0.548. The van der Waals surface area contributed by atoms with Gasteiger partial charge in [0.05, 0.1) is 5.69 Å². The van der Waals surface area contributed by atoms with Crippen LogP contribution in [0.3, 0.4) is 0 Å². The topological polar surface area (TPSA) is 26.0 Å². The molecule has 1 rings (SSSR count). The Balaban J connectivity index is 1.76. The number of unbranched alkanes of at least 4 members (excludes halogenated alkanes) is 12. The van der Waals surface area contributed by atoms with Gasteiger partial charge in [0.25, 0.3) is 0 Å². The molecule has 0 aliphatic heterocycles. The lowest BCUT2D eigenvalue weighted by molar-refractivity contribution is 0.522. The molecule has 0 N–H and O–H groups in total. The van der Waals surface area contributed by atoms with Crippen LogP contribution in [-0.4, -0.2) is 4.98 Å². The summed E-state index contributed by atoms with van der Waals surface area (Å²) in [5.74, 6) is 0.548. The number of rotatable bonds is 15. The predicted octanol–water partition coefficient (Wildman–Crippen LogP) is 7.26. The van der Waals surface area contributed by atoms with Gasteiger partial charge in [0.1, 0.15) is 6.26 Å². The molecular weight excluding hydrogens is 270 g/mol. The van der Waals surface area contributed by atoms with Crippen molar-refractivity contribution < 1.29 is 4.42 Å². The molecule has 22 heavy (non-hydrogen) atoms. The van der Waals surface area contributed by atoms with E-state index in [0.29, 0.717) is 5.92 Å². The van der Waals surface area contributed by atoms with Crippen LogP contribution in [0.5, 0.6) is 0 Å². The molecule has 128 valence electrons. The smallest absolute Gasteiger partial charge is 0.180 e. The van der Waals surface area contributed by atoms with Crippen molar-refractivity contribution in [3.63, 3.8) is 0 Å². The van der Waals surface area contributed by atoms with Crippen molar-refractivity contribution >= 4 is 0 Å². The monoisotopic (exact) mass is 307 g/mol. The molecule has 1 unspecified atom stereocenters. The normalized spacial score (nSPS) is 12.6. The van der Waals surface area contributed by atoms with Crippen LogP contribution in [0.2, 0.25) is 0 Å². The van der Waals surface area contributed by atoms with E-state index in [9.17, 15) is 0 Å². The zero-order chi connectivity index (χ0) is 15.9. The minimum Gasteiger partial charge on any atom is -0.451 e. The lowest BCUT2D eigenvalue weighted by Crippen LogP contribution is -1.93. The van der Waals surface area contributed by atoms with Crippen LogP contribution in [0.1, 0.15) is 115 Å². The van der Waals surface area contributed by atoms with E-state index in [-0.39, 0.29) is 0 Å². The van der Waals surface area contributed by atoms with Gasteiger partial charge in [0.2, 0.25) is 0 Å². The van der Waals surface area contributed by atoms with E-state index in [0.717, 1.165) is 5.69 Å². The zero-order valence-electron chi connectivity index (χ0n) is 15.0. The van der Waals surface area contributed by atoms with Crippen molar-refractivity contribution in [2.75, 3.05) is 0 Å². The Labute approximate surface area is 138 Å². The molecule has 1 atom stereocenters. The lowest BCUT2D eigenvalue weighted by atomic mass is 9.99. The third-order valence-corrected chi connectivity index (χ3v) is 4.70. The molecule has 0 fully saturated rings. The number of hydrogen-bond acceptors (Lipinski definition) is 2. The molecule has 0 aliphatic rings. The Morgan fingerprint density at radius 2 is 1.32 bits per heavy atom. The highest BCUT2D eigenvalue weighted by Gasteiger charge is 2.07. The summed E-state index contributed by atoms with van der Waals surface area (Å²) in [5, 5.41) is 0. The van der Waals surface area contributed by atoms with Crippen molar-refractivity contribution in [2.45, 2.75) is 110 Å². The molecule has 1 heterocycles. The summed E-state index contributed by atoms with van der Waals surface area (Å²) in [5.41, 5.74) is 1.11. The average molecular weight is 308 g/mol. The van der Waals surface area contributed by atoms with Crippen LogP contribution in [0.15, 0.2) is 17.1 Å². The molecule has 2 nitrogen and oxygen atoms in total. The molecule has 0 saturated heterocycles. The fourth-order valence-corrected chi connectivity index (χ4v) is 3.08. The van der Waals surface area contributed by atoms with Gasteiger partial charge < -0.3 is 4.42 Å². The fraction of sp³-hybridized carbons (Fsp3) is 0.850. The highest BCUT2D eigenvalue weighted by molar-refractivity contribution is 4.98. The van der Waals surface area contributed by atoms with Crippen LogP contribution in [-0.2, 0) is 0 Å². The summed E-state index contributed by atoms with van der Waals surface area (Å²) < 4.78 is 5.04. The Hall–Kier alpha value is -0.790. The maximum atomic E-state index is 5.04. The standard InChI is InChI=1S/C20H37NO/c1-3-4-5-6-7-8-9-10-11-12-13-14-15-16-19(2)20-17-22-18-21-20/h17-19H,3-16H2,1-2H3. The second-order valence-corrected chi connectivity index (χ2v) is 6.85. The van der Waals surface area contributed by atoms with Crippen LogP contribution in [0.4, 0.5) is 0 Å². The average Bonchev–Trinajstić information content (AvgIpc) is 3.06. The van der Waals surface area contributed by atoms with E-state index < -0.39 is 0 Å². The van der Waals surface area contributed by atoms with Gasteiger partial charge in [-0.05, 0) is 6.42 Å². The molecule has 0 bridgehead atoms. The van der Waals surface area contributed by atoms with Crippen LogP contribution < -0.4 is 0 Å². The largest absolute Gasteiger partial charge is 0.451 e. The van der Waals surface area contributed by atoms with E-state index >= 15 is 0 Å². The van der Waals surface area contributed by atoms with E-state index in [1.54, 1.807) is 6.26 Å². The third kappa shape index (κ3) is 10.0. The van der Waals surface area contributed by atoms with Gasteiger partial charge in [-0.15, -0.1) is 0 Å². The molecule has 2 heteroatoms. The lowest BCUT2D eigenvalue weighted by Gasteiger charge is -2.07. The summed E-state index contributed by atoms with van der Waals surface area (Å²) in [6, 6.07) is 0. The van der Waals surface area contributed by atoms with Crippen molar-refractivity contribution in [3.05, 3.63) is 18.4 Å². The molecular formula is C20H37NO. The van der Waals surface area contributed by atoms with Crippen molar-refractivity contribution in [2.24, 2.45) is 0 Å². The van der Waals surface area contributed by atoms with Gasteiger partial charge in [-0.2, -0.15) is 0 Å². The molecule has 1 aromatic heterocycles. The van der Waals surface area contributed by atoms with Gasteiger partial charge in [0.15, 0.2) is 6.39 Å². The summed E-state index contributed by atoms with van der Waals surface area (Å²) >= 11 is 0. The van der Waals surface area contributed by atoms with Crippen LogP contribution in [0.25, 0.3) is 0 Å². The Morgan fingerprint density at radius 1 is 0.818 bits per heavy atom. The van der Waals surface area contributed by atoms with E-state index in [2.05, 4.69) is 18.8 Å². The first-order chi connectivity index (χ1) is 10.8. The number of nitrogens with zero attached hydrogens (tertiary/aromatic N) is 1. The fourth-order valence-electron chi connectivity index (χ4n) is 3.08. The molecule has 1 aromatic rings. The SMILES string of the molecule is CCCCCCCCCCCCCCCC(C)c1cocn1.